The lowest BCUT2D eigenvalue weighted by Crippen LogP contribution is -2.07. The summed E-state index contributed by atoms with van der Waals surface area (Å²) in [6.45, 7) is 3.02. The number of hydrogen-bond acceptors (Lipinski definition) is 5. The van der Waals surface area contributed by atoms with Crippen LogP contribution in [0, 0.1) is 6.92 Å². The molecule has 0 unspecified atom stereocenters. The van der Waals surface area contributed by atoms with E-state index in [1.165, 1.54) is 22.3 Å². The van der Waals surface area contributed by atoms with E-state index >= 15 is 0 Å². The molecule has 5 heterocycles. The molecular formula is C26H21N5S. The zero-order chi connectivity index (χ0) is 21.5. The number of fused-ring (bicyclic) bond motifs is 2. The molecule has 1 aliphatic heterocycles. The van der Waals surface area contributed by atoms with E-state index in [4.69, 9.17) is 4.98 Å². The van der Waals surface area contributed by atoms with Gasteiger partial charge in [0.2, 0.25) is 0 Å². The quantitative estimate of drug-likeness (QED) is 0.388. The van der Waals surface area contributed by atoms with Gasteiger partial charge in [0.1, 0.15) is 5.82 Å². The molecule has 1 aliphatic rings. The first-order valence-corrected chi connectivity index (χ1v) is 11.6. The maximum Gasteiger partial charge on any atom is 0.140 e. The monoisotopic (exact) mass is 435 g/mol. The van der Waals surface area contributed by atoms with E-state index in [9.17, 15) is 0 Å². The summed E-state index contributed by atoms with van der Waals surface area (Å²) in [5, 5.41) is 7.67. The van der Waals surface area contributed by atoms with Crippen LogP contribution >= 0.6 is 11.3 Å². The summed E-state index contributed by atoms with van der Waals surface area (Å²) in [5.74, 6) is 0.847. The Morgan fingerprint density at radius 1 is 0.938 bits per heavy atom. The van der Waals surface area contributed by atoms with Crippen molar-refractivity contribution in [2.45, 2.75) is 13.3 Å². The van der Waals surface area contributed by atoms with E-state index in [0.717, 1.165) is 52.1 Å². The van der Waals surface area contributed by atoms with Crippen molar-refractivity contribution in [1.29, 1.82) is 0 Å². The standard InChI is InChI=1S/C26H21N5S/c1-16-4-7-27-11-21(16)18-3-2-17-5-8-28-13-23(20(17)10-18)26-30-24-14-29-12-22(25(24)31-26)19-6-9-32-15-19/h2-4,6-7,9-15,28H,5,8H2,1H3,(H,30,31). The van der Waals surface area contributed by atoms with Gasteiger partial charge in [0.05, 0.1) is 17.2 Å². The first kappa shape index (κ1) is 19.0. The van der Waals surface area contributed by atoms with Crippen molar-refractivity contribution in [3.8, 4) is 22.3 Å². The molecule has 0 aliphatic carbocycles. The summed E-state index contributed by atoms with van der Waals surface area (Å²) >= 11 is 1.68. The number of nitrogens with one attached hydrogen (secondary N) is 2. The Morgan fingerprint density at radius 2 is 1.88 bits per heavy atom. The van der Waals surface area contributed by atoms with Crippen molar-refractivity contribution < 1.29 is 0 Å². The molecule has 32 heavy (non-hydrogen) atoms. The van der Waals surface area contributed by atoms with Crippen LogP contribution in [-0.4, -0.2) is 26.5 Å². The van der Waals surface area contributed by atoms with Gasteiger partial charge in [0.15, 0.2) is 0 Å². The number of imidazole rings is 1. The van der Waals surface area contributed by atoms with E-state index < -0.39 is 0 Å². The third-order valence-electron chi connectivity index (χ3n) is 6.02. The van der Waals surface area contributed by atoms with Crippen LogP contribution in [0.25, 0.3) is 38.9 Å². The molecule has 5 nitrogen and oxygen atoms in total. The Morgan fingerprint density at radius 3 is 2.75 bits per heavy atom. The first-order chi connectivity index (χ1) is 15.8. The molecule has 2 N–H and O–H groups in total. The zero-order valence-corrected chi connectivity index (χ0v) is 18.4. The third kappa shape index (κ3) is 3.20. The van der Waals surface area contributed by atoms with Crippen LogP contribution in [0.3, 0.4) is 0 Å². The van der Waals surface area contributed by atoms with Gasteiger partial charge in [-0.1, -0.05) is 12.1 Å². The van der Waals surface area contributed by atoms with Gasteiger partial charge >= 0.3 is 0 Å². The predicted octanol–water partition coefficient (Wildman–Crippen LogP) is 5.59. The summed E-state index contributed by atoms with van der Waals surface area (Å²) < 4.78 is 0. The van der Waals surface area contributed by atoms with Gasteiger partial charge in [-0.15, -0.1) is 0 Å². The van der Waals surface area contributed by atoms with Crippen LogP contribution in [0.2, 0.25) is 0 Å². The highest BCUT2D eigenvalue weighted by molar-refractivity contribution is 7.08. The van der Waals surface area contributed by atoms with Crippen molar-refractivity contribution in [3.05, 3.63) is 94.6 Å². The van der Waals surface area contributed by atoms with E-state index in [-0.39, 0.29) is 0 Å². The SMILES string of the molecule is Cc1ccncc1-c1ccc2c(c1)C(c1nc3c(-c4ccsc4)cncc3[nH]1)=CNCC2. The van der Waals surface area contributed by atoms with Crippen LogP contribution in [0.5, 0.6) is 0 Å². The molecule has 0 fully saturated rings. The van der Waals surface area contributed by atoms with E-state index in [1.54, 1.807) is 11.3 Å². The van der Waals surface area contributed by atoms with Crippen LogP contribution in [0.4, 0.5) is 0 Å². The maximum atomic E-state index is 5.04. The topological polar surface area (TPSA) is 66.5 Å². The van der Waals surface area contributed by atoms with Gasteiger partial charge in [0, 0.05) is 48.0 Å². The minimum Gasteiger partial charge on any atom is -0.390 e. The molecule has 0 atom stereocenters. The average Bonchev–Trinajstić information content (AvgIpc) is 3.45. The van der Waals surface area contributed by atoms with Gasteiger partial charge in [-0.2, -0.15) is 11.3 Å². The molecule has 156 valence electrons. The van der Waals surface area contributed by atoms with Gasteiger partial charge < -0.3 is 10.3 Å². The summed E-state index contributed by atoms with van der Waals surface area (Å²) in [6, 6.07) is 10.9. The van der Waals surface area contributed by atoms with E-state index in [0.29, 0.717) is 0 Å². The second-order valence-electron chi connectivity index (χ2n) is 8.01. The Labute approximate surface area is 189 Å². The minimum atomic E-state index is 0.847. The fourth-order valence-electron chi connectivity index (χ4n) is 4.32. The molecule has 0 radical (unpaired) electrons. The number of pyridine rings is 2. The van der Waals surface area contributed by atoms with Gasteiger partial charge in [-0.3, -0.25) is 9.97 Å². The highest BCUT2D eigenvalue weighted by atomic mass is 32.1. The van der Waals surface area contributed by atoms with Crippen LogP contribution in [0.15, 0.2) is 72.1 Å². The summed E-state index contributed by atoms with van der Waals surface area (Å²) in [4.78, 5) is 17.3. The van der Waals surface area contributed by atoms with Gasteiger partial charge in [0.25, 0.3) is 0 Å². The maximum absolute atomic E-state index is 5.04. The normalized spacial score (nSPS) is 13.3. The third-order valence-corrected chi connectivity index (χ3v) is 6.70. The van der Waals surface area contributed by atoms with Gasteiger partial charge in [-0.25, -0.2) is 4.98 Å². The molecule has 4 aromatic heterocycles. The lowest BCUT2D eigenvalue weighted by Gasteiger charge is -2.12. The van der Waals surface area contributed by atoms with E-state index in [1.807, 2.05) is 24.8 Å². The number of aromatic nitrogens is 4. The Kier molecular flexibility index (Phi) is 4.58. The average molecular weight is 436 g/mol. The van der Waals surface area contributed by atoms with Crippen molar-refractivity contribution >= 4 is 27.9 Å². The van der Waals surface area contributed by atoms with Crippen molar-refractivity contribution in [3.63, 3.8) is 0 Å². The number of hydrogen-bond donors (Lipinski definition) is 2. The Balaban J connectivity index is 1.51. The number of aromatic amines is 1. The fourth-order valence-corrected chi connectivity index (χ4v) is 4.98. The molecule has 6 heteroatoms. The summed E-state index contributed by atoms with van der Waals surface area (Å²) in [7, 11) is 0. The molecule has 0 amide bonds. The highest BCUT2D eigenvalue weighted by Crippen LogP contribution is 2.34. The number of aryl methyl sites for hydroxylation is 1. The molecule has 6 rings (SSSR count). The zero-order valence-electron chi connectivity index (χ0n) is 17.6. The molecule has 5 aromatic rings. The van der Waals surface area contributed by atoms with E-state index in [2.05, 4.69) is 74.5 Å². The number of nitrogens with zero attached hydrogens (tertiary/aromatic N) is 3. The number of thiophene rings is 1. The van der Waals surface area contributed by atoms with Crippen LogP contribution in [0.1, 0.15) is 22.5 Å². The molecule has 0 saturated heterocycles. The second-order valence-corrected chi connectivity index (χ2v) is 8.79. The molecule has 1 aromatic carbocycles. The summed E-state index contributed by atoms with van der Waals surface area (Å²) in [5.41, 5.74) is 11.2. The Bertz CT molecular complexity index is 1460. The second kappa shape index (κ2) is 7.73. The molecular weight excluding hydrogens is 414 g/mol. The predicted molar refractivity (Wildman–Crippen MR) is 130 cm³/mol. The largest absolute Gasteiger partial charge is 0.390 e. The summed E-state index contributed by atoms with van der Waals surface area (Å²) in [6.07, 6.45) is 10.6. The Hall–Kier alpha value is -3.77. The fraction of sp³-hybridized carbons (Fsp3) is 0.115. The molecule has 0 spiro atoms. The number of rotatable bonds is 3. The number of benzene rings is 1. The van der Waals surface area contributed by atoms with Gasteiger partial charge in [-0.05, 0) is 70.1 Å². The molecule has 0 bridgehead atoms. The first-order valence-electron chi connectivity index (χ1n) is 10.6. The number of H-pyrrole nitrogens is 1. The van der Waals surface area contributed by atoms with Crippen molar-refractivity contribution in [2.24, 2.45) is 0 Å². The highest BCUT2D eigenvalue weighted by Gasteiger charge is 2.19. The smallest absolute Gasteiger partial charge is 0.140 e. The lowest BCUT2D eigenvalue weighted by atomic mass is 9.93. The van der Waals surface area contributed by atoms with Crippen LogP contribution in [-0.2, 0) is 6.42 Å². The van der Waals surface area contributed by atoms with Crippen molar-refractivity contribution in [1.82, 2.24) is 25.3 Å². The van der Waals surface area contributed by atoms with Crippen molar-refractivity contribution in [2.75, 3.05) is 6.54 Å². The molecule has 0 saturated carbocycles. The lowest BCUT2D eigenvalue weighted by molar-refractivity contribution is 0.842. The van der Waals surface area contributed by atoms with Crippen LogP contribution < -0.4 is 5.32 Å². The minimum absolute atomic E-state index is 0.847.